The molecule has 0 amide bonds. The van der Waals surface area contributed by atoms with Crippen molar-refractivity contribution in [3.05, 3.63) is 17.6 Å². The molecule has 1 aromatic heterocycles. The maximum atomic E-state index is 6.17. The third-order valence-electron chi connectivity index (χ3n) is 3.03. The third-order valence-corrected chi connectivity index (χ3v) is 3.82. The molecule has 0 aliphatic carbocycles. The van der Waals surface area contributed by atoms with Crippen molar-refractivity contribution in [2.45, 2.75) is 26.2 Å². The van der Waals surface area contributed by atoms with Gasteiger partial charge in [-0.3, -0.25) is 0 Å². The van der Waals surface area contributed by atoms with Crippen LogP contribution in [-0.2, 0) is 0 Å². The number of unbranched alkanes of at least 4 members (excludes halogenated alkanes) is 2. The predicted molar refractivity (Wildman–Crippen MR) is 76.8 cm³/mol. The minimum Gasteiger partial charge on any atom is -0.395 e. The van der Waals surface area contributed by atoms with Crippen molar-refractivity contribution in [2.24, 2.45) is 0 Å². The van der Waals surface area contributed by atoms with E-state index in [4.69, 9.17) is 5.73 Å². The second-order valence-corrected chi connectivity index (χ2v) is 5.21. The molecule has 0 saturated carbocycles. The van der Waals surface area contributed by atoms with Gasteiger partial charge in [0.2, 0.25) is 0 Å². The first-order valence-electron chi connectivity index (χ1n) is 6.07. The van der Waals surface area contributed by atoms with Crippen LogP contribution in [0.4, 0.5) is 11.4 Å². The van der Waals surface area contributed by atoms with Crippen molar-refractivity contribution >= 4 is 32.9 Å². The van der Waals surface area contributed by atoms with E-state index in [1.165, 1.54) is 19.3 Å². The standard InChI is InChI=1S/C13H19N3S/c1-3-4-5-8-16(2)10-6-7-11-13(12(10)14)15-9-17-11/h6-7,9H,3-5,8,14H2,1-2H3. The number of aromatic nitrogens is 1. The Bertz CT molecular complexity index is 492. The summed E-state index contributed by atoms with van der Waals surface area (Å²) in [7, 11) is 2.10. The summed E-state index contributed by atoms with van der Waals surface area (Å²) in [5.74, 6) is 0. The van der Waals surface area contributed by atoms with Gasteiger partial charge in [-0.2, -0.15) is 0 Å². The third kappa shape index (κ3) is 2.52. The number of hydrogen-bond acceptors (Lipinski definition) is 4. The lowest BCUT2D eigenvalue weighted by atomic mass is 10.2. The average molecular weight is 249 g/mol. The Labute approximate surface area is 106 Å². The molecule has 0 unspecified atom stereocenters. The molecule has 0 radical (unpaired) electrons. The number of thiazole rings is 1. The first kappa shape index (κ1) is 12.2. The van der Waals surface area contributed by atoms with Crippen LogP contribution >= 0.6 is 11.3 Å². The number of fused-ring (bicyclic) bond motifs is 1. The van der Waals surface area contributed by atoms with Crippen molar-refractivity contribution in [1.82, 2.24) is 4.98 Å². The summed E-state index contributed by atoms with van der Waals surface area (Å²) in [6.07, 6.45) is 3.72. The first-order valence-corrected chi connectivity index (χ1v) is 6.94. The first-order chi connectivity index (χ1) is 8.24. The van der Waals surface area contributed by atoms with Gasteiger partial charge in [-0.15, -0.1) is 11.3 Å². The van der Waals surface area contributed by atoms with E-state index < -0.39 is 0 Å². The number of hydrogen-bond donors (Lipinski definition) is 1. The normalized spacial score (nSPS) is 10.9. The predicted octanol–water partition coefficient (Wildman–Crippen LogP) is 3.50. The molecular formula is C13H19N3S. The summed E-state index contributed by atoms with van der Waals surface area (Å²) in [6, 6.07) is 4.21. The second kappa shape index (κ2) is 5.36. The fourth-order valence-electron chi connectivity index (χ4n) is 1.99. The lowest BCUT2D eigenvalue weighted by Gasteiger charge is -2.21. The Hall–Kier alpha value is -1.29. The zero-order valence-electron chi connectivity index (χ0n) is 10.4. The Morgan fingerprint density at radius 3 is 2.94 bits per heavy atom. The number of nitrogens with zero attached hydrogens (tertiary/aromatic N) is 2. The number of benzene rings is 1. The number of nitrogens with two attached hydrogens (primary N) is 1. The lowest BCUT2D eigenvalue weighted by Crippen LogP contribution is -2.19. The van der Waals surface area contributed by atoms with Crippen molar-refractivity contribution in [2.75, 3.05) is 24.2 Å². The Balaban J connectivity index is 2.19. The van der Waals surface area contributed by atoms with E-state index in [2.05, 4.69) is 36.0 Å². The van der Waals surface area contributed by atoms with Crippen molar-refractivity contribution < 1.29 is 0 Å². The van der Waals surface area contributed by atoms with Gasteiger partial charge < -0.3 is 10.6 Å². The fraction of sp³-hybridized carbons (Fsp3) is 0.462. The molecular weight excluding hydrogens is 230 g/mol. The van der Waals surface area contributed by atoms with E-state index in [1.54, 1.807) is 11.3 Å². The smallest absolute Gasteiger partial charge is 0.106 e. The van der Waals surface area contributed by atoms with Crippen molar-refractivity contribution in [3.8, 4) is 0 Å². The maximum absolute atomic E-state index is 6.17. The summed E-state index contributed by atoms with van der Waals surface area (Å²) >= 11 is 1.63. The Morgan fingerprint density at radius 2 is 2.18 bits per heavy atom. The molecule has 2 rings (SSSR count). The van der Waals surface area contributed by atoms with Gasteiger partial charge in [0.25, 0.3) is 0 Å². The van der Waals surface area contributed by atoms with E-state index in [0.717, 1.165) is 28.1 Å². The van der Waals surface area contributed by atoms with Gasteiger partial charge in [-0.1, -0.05) is 19.8 Å². The minimum atomic E-state index is 0.808. The molecule has 92 valence electrons. The monoisotopic (exact) mass is 249 g/mol. The van der Waals surface area contributed by atoms with E-state index in [1.807, 2.05) is 5.51 Å². The van der Waals surface area contributed by atoms with Crippen molar-refractivity contribution in [1.29, 1.82) is 0 Å². The maximum Gasteiger partial charge on any atom is 0.106 e. The Kier molecular flexibility index (Phi) is 3.84. The topological polar surface area (TPSA) is 42.2 Å². The van der Waals surface area contributed by atoms with Gasteiger partial charge in [-0.05, 0) is 18.6 Å². The van der Waals surface area contributed by atoms with Gasteiger partial charge in [0.15, 0.2) is 0 Å². The molecule has 0 aliphatic rings. The van der Waals surface area contributed by atoms with Crippen molar-refractivity contribution in [3.63, 3.8) is 0 Å². The minimum absolute atomic E-state index is 0.808. The van der Waals surface area contributed by atoms with Crippen LogP contribution in [0.3, 0.4) is 0 Å². The van der Waals surface area contributed by atoms with Gasteiger partial charge in [0, 0.05) is 13.6 Å². The van der Waals surface area contributed by atoms with Gasteiger partial charge in [0.1, 0.15) is 5.52 Å². The molecule has 1 heterocycles. The van der Waals surface area contributed by atoms with Crippen LogP contribution in [0.25, 0.3) is 10.2 Å². The summed E-state index contributed by atoms with van der Waals surface area (Å²) in [6.45, 7) is 3.27. The van der Waals surface area contributed by atoms with Crippen LogP contribution in [-0.4, -0.2) is 18.6 Å². The molecule has 17 heavy (non-hydrogen) atoms. The molecule has 0 spiro atoms. The van der Waals surface area contributed by atoms with Crippen LogP contribution in [0, 0.1) is 0 Å². The summed E-state index contributed by atoms with van der Waals surface area (Å²) in [4.78, 5) is 6.55. The molecule has 2 N–H and O–H groups in total. The highest BCUT2D eigenvalue weighted by Crippen LogP contribution is 2.31. The molecule has 0 saturated heterocycles. The molecule has 0 aliphatic heterocycles. The van der Waals surface area contributed by atoms with Gasteiger partial charge in [-0.25, -0.2) is 4.98 Å². The van der Waals surface area contributed by atoms with E-state index in [-0.39, 0.29) is 0 Å². The molecule has 0 atom stereocenters. The molecule has 1 aromatic carbocycles. The molecule has 0 fully saturated rings. The Morgan fingerprint density at radius 1 is 1.35 bits per heavy atom. The largest absolute Gasteiger partial charge is 0.395 e. The van der Waals surface area contributed by atoms with Gasteiger partial charge >= 0.3 is 0 Å². The summed E-state index contributed by atoms with van der Waals surface area (Å²) in [5.41, 5.74) is 10.9. The van der Waals surface area contributed by atoms with E-state index in [0.29, 0.717) is 0 Å². The number of rotatable bonds is 5. The van der Waals surface area contributed by atoms with Crippen LogP contribution in [0.5, 0.6) is 0 Å². The number of nitrogen functional groups attached to an aromatic ring is 1. The zero-order valence-corrected chi connectivity index (χ0v) is 11.3. The van der Waals surface area contributed by atoms with Crippen LogP contribution in [0.2, 0.25) is 0 Å². The highest BCUT2D eigenvalue weighted by atomic mass is 32.1. The average Bonchev–Trinajstić information content (AvgIpc) is 2.78. The van der Waals surface area contributed by atoms with Crippen LogP contribution in [0.15, 0.2) is 17.6 Å². The summed E-state index contributed by atoms with van der Waals surface area (Å²) < 4.78 is 1.16. The van der Waals surface area contributed by atoms with Crippen LogP contribution in [0.1, 0.15) is 26.2 Å². The van der Waals surface area contributed by atoms with E-state index in [9.17, 15) is 0 Å². The number of anilines is 2. The van der Waals surface area contributed by atoms with Gasteiger partial charge in [0.05, 0.1) is 21.6 Å². The van der Waals surface area contributed by atoms with Crippen LogP contribution < -0.4 is 10.6 Å². The second-order valence-electron chi connectivity index (χ2n) is 4.33. The lowest BCUT2D eigenvalue weighted by molar-refractivity contribution is 0.705. The SMILES string of the molecule is CCCCCN(C)c1ccc2scnc2c1N. The highest BCUT2D eigenvalue weighted by Gasteiger charge is 2.09. The molecule has 3 nitrogen and oxygen atoms in total. The zero-order chi connectivity index (χ0) is 12.3. The summed E-state index contributed by atoms with van der Waals surface area (Å²) in [5, 5.41) is 0. The molecule has 2 aromatic rings. The fourth-order valence-corrected chi connectivity index (χ4v) is 2.69. The quantitative estimate of drug-likeness (QED) is 0.651. The molecule has 0 bridgehead atoms. The highest BCUT2D eigenvalue weighted by molar-refractivity contribution is 7.16. The van der Waals surface area contributed by atoms with E-state index >= 15 is 0 Å². The molecule has 4 heteroatoms.